The highest BCUT2D eigenvalue weighted by atomic mass is 16.4. The van der Waals surface area contributed by atoms with Gasteiger partial charge in [-0.15, -0.1) is 12.3 Å². The second kappa shape index (κ2) is 3.83. The molecular formula is C11H18O2. The van der Waals surface area contributed by atoms with Gasteiger partial charge in [0.2, 0.25) is 0 Å². The van der Waals surface area contributed by atoms with Crippen LogP contribution in [-0.2, 0) is 4.79 Å². The Balaban J connectivity index is 4.35. The molecule has 0 spiro atoms. The number of hydrogen-bond acceptors (Lipinski definition) is 1. The summed E-state index contributed by atoms with van der Waals surface area (Å²) in [6, 6.07) is 0. The normalized spacial score (nSPS) is 12.2. The Bertz CT molecular complexity index is 231. The Labute approximate surface area is 80.3 Å². The molecule has 0 unspecified atom stereocenters. The van der Waals surface area contributed by atoms with Gasteiger partial charge >= 0.3 is 5.97 Å². The summed E-state index contributed by atoms with van der Waals surface area (Å²) >= 11 is 0. The SMILES string of the molecule is C#CC(C)(C)CC(C)(C)CC(=O)O. The first-order chi connectivity index (χ1) is 5.68. The molecule has 0 atom stereocenters. The van der Waals surface area contributed by atoms with Crippen LogP contribution in [0.3, 0.4) is 0 Å². The summed E-state index contributed by atoms with van der Waals surface area (Å²) in [6.07, 6.45) is 6.24. The zero-order valence-corrected chi connectivity index (χ0v) is 8.85. The molecular weight excluding hydrogens is 164 g/mol. The van der Waals surface area contributed by atoms with E-state index in [0.29, 0.717) is 0 Å². The minimum atomic E-state index is -0.766. The van der Waals surface area contributed by atoms with Gasteiger partial charge in [-0.25, -0.2) is 0 Å². The van der Waals surface area contributed by atoms with Gasteiger partial charge in [0, 0.05) is 5.41 Å². The van der Waals surface area contributed by atoms with Crippen molar-refractivity contribution in [3.63, 3.8) is 0 Å². The van der Waals surface area contributed by atoms with E-state index >= 15 is 0 Å². The van der Waals surface area contributed by atoms with Gasteiger partial charge < -0.3 is 5.11 Å². The van der Waals surface area contributed by atoms with Gasteiger partial charge in [0.25, 0.3) is 0 Å². The monoisotopic (exact) mass is 182 g/mol. The molecule has 0 aliphatic heterocycles. The van der Waals surface area contributed by atoms with Crippen molar-refractivity contribution in [2.75, 3.05) is 0 Å². The molecule has 0 amide bonds. The van der Waals surface area contributed by atoms with Crippen molar-refractivity contribution in [3.05, 3.63) is 0 Å². The molecule has 0 radical (unpaired) electrons. The van der Waals surface area contributed by atoms with E-state index in [4.69, 9.17) is 11.5 Å². The van der Waals surface area contributed by atoms with Crippen molar-refractivity contribution >= 4 is 5.97 Å². The molecule has 0 aromatic rings. The van der Waals surface area contributed by atoms with Crippen LogP contribution < -0.4 is 0 Å². The van der Waals surface area contributed by atoms with Gasteiger partial charge in [-0.3, -0.25) is 4.79 Å². The van der Waals surface area contributed by atoms with Crippen LogP contribution in [0.4, 0.5) is 0 Å². The van der Waals surface area contributed by atoms with E-state index in [1.807, 2.05) is 27.7 Å². The van der Waals surface area contributed by atoms with Gasteiger partial charge in [0.1, 0.15) is 0 Å². The number of carboxylic acids is 1. The predicted octanol–water partition coefficient (Wildman–Crippen LogP) is 2.54. The first-order valence-corrected chi connectivity index (χ1v) is 4.38. The highest BCUT2D eigenvalue weighted by molar-refractivity contribution is 5.67. The van der Waals surface area contributed by atoms with Crippen LogP contribution in [-0.4, -0.2) is 11.1 Å². The quantitative estimate of drug-likeness (QED) is 0.678. The highest BCUT2D eigenvalue weighted by Crippen LogP contribution is 2.35. The molecule has 0 saturated heterocycles. The van der Waals surface area contributed by atoms with Crippen LogP contribution in [0.1, 0.15) is 40.5 Å². The maximum absolute atomic E-state index is 10.5. The Kier molecular flexibility index (Phi) is 3.54. The van der Waals surface area contributed by atoms with Crippen molar-refractivity contribution in [3.8, 4) is 12.3 Å². The fourth-order valence-electron chi connectivity index (χ4n) is 1.72. The summed E-state index contributed by atoms with van der Waals surface area (Å²) in [5.74, 6) is 1.91. The van der Waals surface area contributed by atoms with Gasteiger partial charge in [0.05, 0.1) is 6.42 Å². The topological polar surface area (TPSA) is 37.3 Å². The molecule has 0 rings (SSSR count). The molecule has 0 bridgehead atoms. The Hall–Kier alpha value is -0.970. The summed E-state index contributed by atoms with van der Waals surface area (Å²) < 4.78 is 0. The fraction of sp³-hybridized carbons (Fsp3) is 0.727. The van der Waals surface area contributed by atoms with E-state index in [9.17, 15) is 4.79 Å². The maximum Gasteiger partial charge on any atom is 0.303 e. The zero-order chi connectivity index (χ0) is 10.7. The number of carboxylic acid groups (broad SMARTS) is 1. The molecule has 0 aliphatic rings. The van der Waals surface area contributed by atoms with E-state index in [2.05, 4.69) is 5.92 Å². The van der Waals surface area contributed by atoms with E-state index < -0.39 is 5.97 Å². The Morgan fingerprint density at radius 3 is 2.15 bits per heavy atom. The minimum Gasteiger partial charge on any atom is -0.481 e. The third kappa shape index (κ3) is 5.30. The lowest BCUT2D eigenvalue weighted by molar-refractivity contribution is -0.139. The molecule has 0 fully saturated rings. The Morgan fingerprint density at radius 1 is 1.38 bits per heavy atom. The fourth-order valence-corrected chi connectivity index (χ4v) is 1.72. The summed E-state index contributed by atoms with van der Waals surface area (Å²) in [6.45, 7) is 7.77. The lowest BCUT2D eigenvalue weighted by Crippen LogP contribution is -2.24. The smallest absolute Gasteiger partial charge is 0.303 e. The van der Waals surface area contributed by atoms with Crippen molar-refractivity contribution in [1.29, 1.82) is 0 Å². The predicted molar refractivity (Wildman–Crippen MR) is 53.3 cm³/mol. The second-order valence-corrected chi connectivity index (χ2v) is 4.94. The molecule has 0 aromatic heterocycles. The van der Waals surface area contributed by atoms with E-state index in [1.165, 1.54) is 0 Å². The van der Waals surface area contributed by atoms with Crippen molar-refractivity contribution in [2.45, 2.75) is 40.5 Å². The lowest BCUT2D eigenvalue weighted by atomic mass is 9.74. The summed E-state index contributed by atoms with van der Waals surface area (Å²) in [5, 5.41) is 8.67. The summed E-state index contributed by atoms with van der Waals surface area (Å²) in [5.41, 5.74) is -0.458. The van der Waals surface area contributed by atoms with E-state index in [0.717, 1.165) is 6.42 Å². The first kappa shape index (κ1) is 12.0. The third-order valence-electron chi connectivity index (χ3n) is 1.94. The molecule has 0 heterocycles. The number of terminal acetylenes is 1. The lowest BCUT2D eigenvalue weighted by Gasteiger charge is -2.30. The van der Waals surface area contributed by atoms with Crippen LogP contribution >= 0.6 is 0 Å². The second-order valence-electron chi connectivity index (χ2n) is 4.94. The number of aliphatic carboxylic acids is 1. The summed E-state index contributed by atoms with van der Waals surface area (Å²) in [4.78, 5) is 10.5. The molecule has 13 heavy (non-hydrogen) atoms. The summed E-state index contributed by atoms with van der Waals surface area (Å²) in [7, 11) is 0. The van der Waals surface area contributed by atoms with Crippen molar-refractivity contribution in [2.24, 2.45) is 10.8 Å². The average molecular weight is 182 g/mol. The highest BCUT2D eigenvalue weighted by Gasteiger charge is 2.29. The van der Waals surface area contributed by atoms with E-state index in [-0.39, 0.29) is 17.3 Å². The van der Waals surface area contributed by atoms with Crippen LogP contribution in [0.15, 0.2) is 0 Å². The maximum atomic E-state index is 10.5. The van der Waals surface area contributed by atoms with Crippen LogP contribution in [0.2, 0.25) is 0 Å². The van der Waals surface area contributed by atoms with Crippen molar-refractivity contribution in [1.82, 2.24) is 0 Å². The van der Waals surface area contributed by atoms with Crippen molar-refractivity contribution < 1.29 is 9.90 Å². The van der Waals surface area contributed by atoms with Gasteiger partial charge in [-0.1, -0.05) is 13.8 Å². The number of hydrogen-bond donors (Lipinski definition) is 1. The average Bonchev–Trinajstić information content (AvgIpc) is 1.81. The van der Waals surface area contributed by atoms with Gasteiger partial charge in [0.15, 0.2) is 0 Å². The van der Waals surface area contributed by atoms with Gasteiger partial charge in [-0.2, -0.15) is 0 Å². The number of rotatable bonds is 4. The standard InChI is InChI=1S/C11H18O2/c1-6-10(2,3)8-11(4,5)7-9(12)13/h1H,7-8H2,2-5H3,(H,12,13). The number of carbonyl (C=O) groups is 1. The molecule has 2 nitrogen and oxygen atoms in total. The molecule has 0 saturated carbocycles. The van der Waals surface area contributed by atoms with Gasteiger partial charge in [-0.05, 0) is 25.7 Å². The molecule has 1 N–H and O–H groups in total. The zero-order valence-electron chi connectivity index (χ0n) is 8.85. The third-order valence-corrected chi connectivity index (χ3v) is 1.94. The van der Waals surface area contributed by atoms with Crippen LogP contribution in [0.5, 0.6) is 0 Å². The first-order valence-electron chi connectivity index (χ1n) is 4.38. The van der Waals surface area contributed by atoms with Crippen LogP contribution in [0.25, 0.3) is 0 Å². The molecule has 74 valence electrons. The van der Waals surface area contributed by atoms with E-state index in [1.54, 1.807) is 0 Å². The molecule has 0 aliphatic carbocycles. The molecule has 2 heteroatoms. The Morgan fingerprint density at radius 2 is 1.85 bits per heavy atom. The van der Waals surface area contributed by atoms with Crippen LogP contribution in [0, 0.1) is 23.2 Å². The largest absolute Gasteiger partial charge is 0.481 e. The molecule has 0 aromatic carbocycles. The minimum absolute atomic E-state index is 0.165.